The third kappa shape index (κ3) is 2.54. The third-order valence-electron chi connectivity index (χ3n) is 1.46. The van der Waals surface area contributed by atoms with Gasteiger partial charge in [0.15, 0.2) is 0 Å². The SMILES string of the molecule is CC/C=C/c1ccc(C)cn1. The van der Waals surface area contributed by atoms with Gasteiger partial charge in [0, 0.05) is 6.20 Å². The molecule has 0 aliphatic heterocycles. The number of allylic oxidation sites excluding steroid dienone is 1. The van der Waals surface area contributed by atoms with Gasteiger partial charge in [-0.3, -0.25) is 4.98 Å². The van der Waals surface area contributed by atoms with Gasteiger partial charge in [0.25, 0.3) is 0 Å². The van der Waals surface area contributed by atoms with Crippen LogP contribution in [0.4, 0.5) is 0 Å². The second-order valence-corrected chi connectivity index (χ2v) is 2.57. The molecule has 0 saturated heterocycles. The lowest BCUT2D eigenvalue weighted by Gasteiger charge is -1.92. The summed E-state index contributed by atoms with van der Waals surface area (Å²) in [5, 5.41) is 0. The number of nitrogens with zero attached hydrogens (tertiary/aromatic N) is 1. The van der Waals surface area contributed by atoms with Crippen molar-refractivity contribution in [3.8, 4) is 0 Å². The molecule has 0 unspecified atom stereocenters. The van der Waals surface area contributed by atoms with Crippen LogP contribution in [0.3, 0.4) is 0 Å². The molecule has 0 radical (unpaired) electrons. The van der Waals surface area contributed by atoms with Crippen LogP contribution in [0.5, 0.6) is 0 Å². The van der Waals surface area contributed by atoms with E-state index in [9.17, 15) is 0 Å². The zero-order valence-electron chi connectivity index (χ0n) is 7.04. The van der Waals surface area contributed by atoms with E-state index in [0.717, 1.165) is 12.1 Å². The van der Waals surface area contributed by atoms with Crippen LogP contribution in [0.2, 0.25) is 0 Å². The van der Waals surface area contributed by atoms with Crippen LogP contribution in [-0.4, -0.2) is 4.98 Å². The molecule has 0 saturated carbocycles. The van der Waals surface area contributed by atoms with Crippen molar-refractivity contribution < 1.29 is 0 Å². The molecule has 0 aliphatic carbocycles. The van der Waals surface area contributed by atoms with Crippen molar-refractivity contribution >= 4 is 6.08 Å². The molecule has 0 aromatic carbocycles. The minimum atomic E-state index is 1.04. The Morgan fingerprint density at radius 2 is 2.27 bits per heavy atom. The van der Waals surface area contributed by atoms with Crippen molar-refractivity contribution in [2.75, 3.05) is 0 Å². The quantitative estimate of drug-likeness (QED) is 0.626. The van der Waals surface area contributed by atoms with Gasteiger partial charge in [-0.2, -0.15) is 0 Å². The monoisotopic (exact) mass is 147 g/mol. The summed E-state index contributed by atoms with van der Waals surface area (Å²) in [4.78, 5) is 4.23. The van der Waals surface area contributed by atoms with Gasteiger partial charge in [-0.1, -0.05) is 19.1 Å². The second-order valence-electron chi connectivity index (χ2n) is 2.57. The minimum Gasteiger partial charge on any atom is -0.257 e. The van der Waals surface area contributed by atoms with Crippen LogP contribution < -0.4 is 0 Å². The van der Waals surface area contributed by atoms with E-state index in [4.69, 9.17) is 0 Å². The fraction of sp³-hybridized carbons (Fsp3) is 0.300. The van der Waals surface area contributed by atoms with E-state index in [1.54, 1.807) is 0 Å². The number of aryl methyl sites for hydroxylation is 1. The van der Waals surface area contributed by atoms with Crippen molar-refractivity contribution in [1.29, 1.82) is 0 Å². The van der Waals surface area contributed by atoms with E-state index in [1.165, 1.54) is 5.56 Å². The Bertz CT molecular complexity index is 234. The van der Waals surface area contributed by atoms with Crippen molar-refractivity contribution in [1.82, 2.24) is 4.98 Å². The summed E-state index contributed by atoms with van der Waals surface area (Å²) in [7, 11) is 0. The molecule has 1 nitrogen and oxygen atoms in total. The van der Waals surface area contributed by atoms with Crippen molar-refractivity contribution in [3.05, 3.63) is 35.7 Å². The van der Waals surface area contributed by atoms with Gasteiger partial charge in [0.05, 0.1) is 5.69 Å². The Hall–Kier alpha value is -1.11. The summed E-state index contributed by atoms with van der Waals surface area (Å²) >= 11 is 0. The summed E-state index contributed by atoms with van der Waals surface area (Å²) in [6.07, 6.45) is 7.10. The fourth-order valence-electron chi connectivity index (χ4n) is 0.816. The van der Waals surface area contributed by atoms with E-state index >= 15 is 0 Å². The molecule has 1 rings (SSSR count). The molecular formula is C10H13N. The Labute approximate surface area is 67.8 Å². The van der Waals surface area contributed by atoms with E-state index in [-0.39, 0.29) is 0 Å². The second kappa shape index (κ2) is 3.91. The first-order valence-electron chi connectivity index (χ1n) is 3.92. The lowest BCUT2D eigenvalue weighted by atomic mass is 10.2. The zero-order valence-corrected chi connectivity index (χ0v) is 7.04. The van der Waals surface area contributed by atoms with Crippen molar-refractivity contribution in [3.63, 3.8) is 0 Å². The molecule has 0 bridgehead atoms. The Morgan fingerprint density at radius 1 is 1.45 bits per heavy atom. The van der Waals surface area contributed by atoms with E-state index in [2.05, 4.69) is 24.1 Å². The van der Waals surface area contributed by atoms with E-state index < -0.39 is 0 Å². The molecule has 58 valence electrons. The summed E-state index contributed by atoms with van der Waals surface area (Å²) < 4.78 is 0. The summed E-state index contributed by atoms with van der Waals surface area (Å²) in [6, 6.07) is 4.10. The fourth-order valence-corrected chi connectivity index (χ4v) is 0.816. The van der Waals surface area contributed by atoms with Gasteiger partial charge in [-0.05, 0) is 31.1 Å². The third-order valence-corrected chi connectivity index (χ3v) is 1.46. The van der Waals surface area contributed by atoms with E-state index in [1.807, 2.05) is 25.3 Å². The maximum atomic E-state index is 4.23. The molecule has 0 aliphatic rings. The van der Waals surface area contributed by atoms with Gasteiger partial charge >= 0.3 is 0 Å². The molecule has 1 heterocycles. The van der Waals surface area contributed by atoms with Crippen LogP contribution >= 0.6 is 0 Å². The molecule has 0 spiro atoms. The predicted octanol–water partition coefficient (Wildman–Crippen LogP) is 2.81. The van der Waals surface area contributed by atoms with Crippen LogP contribution in [0, 0.1) is 6.92 Å². The summed E-state index contributed by atoms with van der Waals surface area (Å²) in [5.41, 5.74) is 2.25. The first-order valence-corrected chi connectivity index (χ1v) is 3.92. The molecule has 1 aromatic rings. The average molecular weight is 147 g/mol. The van der Waals surface area contributed by atoms with Gasteiger partial charge in [0.2, 0.25) is 0 Å². The number of aromatic nitrogens is 1. The Balaban J connectivity index is 2.73. The Kier molecular flexibility index (Phi) is 2.84. The number of hydrogen-bond acceptors (Lipinski definition) is 1. The van der Waals surface area contributed by atoms with Gasteiger partial charge in [0.1, 0.15) is 0 Å². The van der Waals surface area contributed by atoms with Gasteiger partial charge in [-0.15, -0.1) is 0 Å². The smallest absolute Gasteiger partial charge is 0.0626 e. The lowest BCUT2D eigenvalue weighted by Crippen LogP contribution is -1.79. The number of hydrogen-bond donors (Lipinski definition) is 0. The van der Waals surface area contributed by atoms with Crippen LogP contribution in [0.1, 0.15) is 24.6 Å². The highest BCUT2D eigenvalue weighted by Crippen LogP contribution is 2.00. The topological polar surface area (TPSA) is 12.9 Å². The van der Waals surface area contributed by atoms with Crippen LogP contribution in [-0.2, 0) is 0 Å². The maximum absolute atomic E-state index is 4.23. The Morgan fingerprint density at radius 3 is 2.82 bits per heavy atom. The summed E-state index contributed by atoms with van der Waals surface area (Å²) in [5.74, 6) is 0. The minimum absolute atomic E-state index is 1.04. The maximum Gasteiger partial charge on any atom is 0.0626 e. The average Bonchev–Trinajstić information content (AvgIpc) is 2.04. The highest BCUT2D eigenvalue weighted by atomic mass is 14.7. The molecule has 0 amide bonds. The molecule has 11 heavy (non-hydrogen) atoms. The highest BCUT2D eigenvalue weighted by Gasteiger charge is 1.85. The molecule has 1 heteroatoms. The normalized spacial score (nSPS) is 10.7. The molecule has 1 aromatic heterocycles. The predicted molar refractivity (Wildman–Crippen MR) is 48.3 cm³/mol. The largest absolute Gasteiger partial charge is 0.257 e. The first-order chi connectivity index (χ1) is 5.33. The molecule has 0 N–H and O–H groups in total. The first kappa shape index (κ1) is 7.99. The van der Waals surface area contributed by atoms with E-state index in [0.29, 0.717) is 0 Å². The van der Waals surface area contributed by atoms with Crippen LogP contribution in [0.15, 0.2) is 24.4 Å². The zero-order chi connectivity index (χ0) is 8.10. The van der Waals surface area contributed by atoms with Crippen molar-refractivity contribution in [2.24, 2.45) is 0 Å². The van der Waals surface area contributed by atoms with Gasteiger partial charge in [-0.25, -0.2) is 0 Å². The van der Waals surface area contributed by atoms with Crippen molar-refractivity contribution in [2.45, 2.75) is 20.3 Å². The number of rotatable bonds is 2. The molecule has 0 fully saturated rings. The standard InChI is InChI=1S/C10H13N/c1-3-4-5-10-7-6-9(2)8-11-10/h4-8H,3H2,1-2H3/b5-4+. The molecular weight excluding hydrogens is 134 g/mol. The molecule has 0 atom stereocenters. The van der Waals surface area contributed by atoms with Crippen LogP contribution in [0.25, 0.3) is 6.08 Å². The van der Waals surface area contributed by atoms with Gasteiger partial charge < -0.3 is 0 Å². The highest BCUT2D eigenvalue weighted by molar-refractivity contribution is 5.44. The summed E-state index contributed by atoms with van der Waals surface area (Å²) in [6.45, 7) is 4.16. The number of pyridine rings is 1. The lowest BCUT2D eigenvalue weighted by molar-refractivity contribution is 1.21.